The molecule has 1 aliphatic rings. The number of hydrogen-bond donors (Lipinski definition) is 1. The number of halogens is 1. The van der Waals surface area contributed by atoms with E-state index >= 15 is 0 Å². The van der Waals surface area contributed by atoms with E-state index < -0.39 is 10.0 Å². The largest absolute Gasteiger partial charge is 0.496 e. The minimum absolute atomic E-state index is 0.0129. The highest BCUT2D eigenvalue weighted by molar-refractivity contribution is 7.89. The standard InChI is InChI=1S/C22H27FN2O5S/c1-16-9-12-25(13-10-16)22(26)20-15-19(7-8-21(20)29-2)31(27,28)24-11-14-30-18-5-3-17(23)4-6-18/h3-8,15-16,24H,9-14H2,1-2H3. The number of rotatable bonds is 8. The summed E-state index contributed by atoms with van der Waals surface area (Å²) >= 11 is 0. The van der Waals surface area contributed by atoms with Gasteiger partial charge in [-0.25, -0.2) is 17.5 Å². The summed E-state index contributed by atoms with van der Waals surface area (Å²) in [4.78, 5) is 14.7. The summed E-state index contributed by atoms with van der Waals surface area (Å²) in [7, 11) is -2.41. The summed E-state index contributed by atoms with van der Waals surface area (Å²) in [5.41, 5.74) is 0.225. The van der Waals surface area contributed by atoms with Crippen LogP contribution in [0.1, 0.15) is 30.1 Å². The molecule has 1 amide bonds. The quantitative estimate of drug-likeness (QED) is 0.625. The molecule has 2 aromatic rings. The number of amides is 1. The molecular weight excluding hydrogens is 423 g/mol. The third-order valence-corrected chi connectivity index (χ3v) is 6.72. The van der Waals surface area contributed by atoms with Gasteiger partial charge in [0.1, 0.15) is 23.9 Å². The lowest BCUT2D eigenvalue weighted by atomic mass is 9.98. The average molecular weight is 451 g/mol. The first-order chi connectivity index (χ1) is 14.8. The van der Waals surface area contributed by atoms with Crippen LogP contribution < -0.4 is 14.2 Å². The van der Waals surface area contributed by atoms with Crippen molar-refractivity contribution in [2.24, 2.45) is 5.92 Å². The molecule has 0 atom stereocenters. The maximum Gasteiger partial charge on any atom is 0.257 e. The number of nitrogens with zero attached hydrogens (tertiary/aromatic N) is 1. The maximum atomic E-state index is 13.0. The fourth-order valence-corrected chi connectivity index (χ4v) is 4.40. The number of carbonyl (C=O) groups is 1. The van der Waals surface area contributed by atoms with Gasteiger partial charge in [0.25, 0.3) is 5.91 Å². The van der Waals surface area contributed by atoms with E-state index in [-0.39, 0.29) is 35.3 Å². The molecule has 0 spiro atoms. The van der Waals surface area contributed by atoms with E-state index in [1.807, 2.05) is 0 Å². The van der Waals surface area contributed by atoms with Crippen LogP contribution in [0, 0.1) is 11.7 Å². The Morgan fingerprint density at radius 3 is 2.48 bits per heavy atom. The second-order valence-electron chi connectivity index (χ2n) is 7.54. The highest BCUT2D eigenvalue weighted by atomic mass is 32.2. The zero-order valence-electron chi connectivity index (χ0n) is 17.6. The first kappa shape index (κ1) is 23.0. The molecule has 0 unspecified atom stereocenters. The van der Waals surface area contributed by atoms with Gasteiger partial charge in [0, 0.05) is 19.6 Å². The minimum atomic E-state index is -3.86. The summed E-state index contributed by atoms with van der Waals surface area (Å²) in [5.74, 6) is 0.729. The van der Waals surface area contributed by atoms with E-state index in [0.717, 1.165) is 12.8 Å². The van der Waals surface area contributed by atoms with E-state index in [2.05, 4.69) is 11.6 Å². The Kier molecular flexibility index (Phi) is 7.50. The number of nitrogens with one attached hydrogen (secondary N) is 1. The molecule has 7 nitrogen and oxygen atoms in total. The molecule has 2 aromatic carbocycles. The van der Waals surface area contributed by atoms with Gasteiger partial charge in [-0.15, -0.1) is 0 Å². The van der Waals surface area contributed by atoms with Crippen LogP contribution in [-0.4, -0.2) is 52.6 Å². The van der Waals surface area contributed by atoms with E-state index in [4.69, 9.17) is 9.47 Å². The first-order valence-electron chi connectivity index (χ1n) is 10.2. The van der Waals surface area contributed by atoms with Gasteiger partial charge in [-0.3, -0.25) is 4.79 Å². The highest BCUT2D eigenvalue weighted by Crippen LogP contribution is 2.26. The number of piperidine rings is 1. The number of hydrogen-bond acceptors (Lipinski definition) is 5. The van der Waals surface area contributed by atoms with Gasteiger partial charge in [0.05, 0.1) is 17.6 Å². The summed E-state index contributed by atoms with van der Waals surface area (Å²) in [6.07, 6.45) is 1.84. The van der Waals surface area contributed by atoms with E-state index in [1.54, 1.807) is 4.90 Å². The van der Waals surface area contributed by atoms with Crippen molar-refractivity contribution in [1.82, 2.24) is 9.62 Å². The summed E-state index contributed by atoms with van der Waals surface area (Å²) < 4.78 is 51.5. The monoisotopic (exact) mass is 450 g/mol. The first-order valence-corrected chi connectivity index (χ1v) is 11.6. The highest BCUT2D eigenvalue weighted by Gasteiger charge is 2.26. The van der Waals surface area contributed by atoms with Crippen LogP contribution in [0.3, 0.4) is 0 Å². The van der Waals surface area contributed by atoms with Crippen molar-refractivity contribution in [3.8, 4) is 11.5 Å². The van der Waals surface area contributed by atoms with Crippen molar-refractivity contribution in [3.63, 3.8) is 0 Å². The van der Waals surface area contributed by atoms with E-state index in [0.29, 0.717) is 30.5 Å². The molecule has 1 N–H and O–H groups in total. The predicted octanol–water partition coefficient (Wildman–Crippen LogP) is 3.06. The Bertz CT molecular complexity index is 1000. The average Bonchev–Trinajstić information content (AvgIpc) is 2.77. The topological polar surface area (TPSA) is 84.9 Å². The lowest BCUT2D eigenvalue weighted by Crippen LogP contribution is -2.38. The Morgan fingerprint density at radius 1 is 1.16 bits per heavy atom. The van der Waals surface area contributed by atoms with Crippen LogP contribution in [-0.2, 0) is 10.0 Å². The van der Waals surface area contributed by atoms with Gasteiger partial charge in [0.15, 0.2) is 0 Å². The number of methoxy groups -OCH3 is 1. The van der Waals surface area contributed by atoms with Gasteiger partial charge in [-0.05, 0) is 61.2 Å². The summed E-state index contributed by atoms with van der Waals surface area (Å²) in [6, 6.07) is 9.69. The normalized spacial score (nSPS) is 15.0. The lowest BCUT2D eigenvalue weighted by molar-refractivity contribution is 0.0693. The van der Waals surface area contributed by atoms with Gasteiger partial charge >= 0.3 is 0 Å². The molecule has 0 bridgehead atoms. The third-order valence-electron chi connectivity index (χ3n) is 5.26. The smallest absolute Gasteiger partial charge is 0.257 e. The van der Waals surface area contributed by atoms with Crippen LogP contribution >= 0.6 is 0 Å². The number of benzene rings is 2. The molecule has 31 heavy (non-hydrogen) atoms. The molecule has 0 saturated carbocycles. The molecule has 1 aliphatic heterocycles. The fraction of sp³-hybridized carbons (Fsp3) is 0.409. The van der Waals surface area contributed by atoms with Crippen molar-refractivity contribution < 1.29 is 27.1 Å². The zero-order chi connectivity index (χ0) is 22.4. The molecule has 0 aliphatic carbocycles. The van der Waals surface area contributed by atoms with Crippen molar-refractivity contribution in [2.75, 3.05) is 33.4 Å². The molecular formula is C22H27FN2O5S. The van der Waals surface area contributed by atoms with Gasteiger partial charge in [0.2, 0.25) is 10.0 Å². The minimum Gasteiger partial charge on any atom is -0.496 e. The van der Waals surface area contributed by atoms with Crippen molar-refractivity contribution >= 4 is 15.9 Å². The molecule has 1 saturated heterocycles. The number of ether oxygens (including phenoxy) is 2. The molecule has 0 radical (unpaired) electrons. The Morgan fingerprint density at radius 2 is 1.84 bits per heavy atom. The Hall–Kier alpha value is -2.65. The fourth-order valence-electron chi connectivity index (χ4n) is 3.36. The third kappa shape index (κ3) is 5.95. The SMILES string of the molecule is COc1ccc(S(=O)(=O)NCCOc2ccc(F)cc2)cc1C(=O)N1CCC(C)CC1. The molecule has 1 fully saturated rings. The van der Waals surface area contributed by atoms with Gasteiger partial charge < -0.3 is 14.4 Å². The summed E-state index contributed by atoms with van der Waals surface area (Å²) in [6.45, 7) is 3.51. The van der Waals surface area contributed by atoms with Gasteiger partial charge in [-0.2, -0.15) is 0 Å². The Labute approximate surface area is 182 Å². The predicted molar refractivity (Wildman–Crippen MR) is 114 cm³/mol. The van der Waals surface area contributed by atoms with Crippen LogP contribution in [0.15, 0.2) is 47.4 Å². The van der Waals surface area contributed by atoms with Crippen molar-refractivity contribution in [3.05, 3.63) is 53.8 Å². The zero-order valence-corrected chi connectivity index (χ0v) is 18.5. The van der Waals surface area contributed by atoms with Gasteiger partial charge in [-0.1, -0.05) is 6.92 Å². The van der Waals surface area contributed by atoms with E-state index in [1.165, 1.54) is 49.6 Å². The molecule has 3 rings (SSSR count). The summed E-state index contributed by atoms with van der Waals surface area (Å²) in [5, 5.41) is 0. The number of sulfonamides is 1. The number of likely N-dealkylation sites (tertiary alicyclic amines) is 1. The lowest BCUT2D eigenvalue weighted by Gasteiger charge is -2.30. The van der Waals surface area contributed by atoms with Crippen LogP contribution in [0.4, 0.5) is 4.39 Å². The molecule has 1 heterocycles. The molecule has 0 aromatic heterocycles. The second kappa shape index (κ2) is 10.1. The molecule has 9 heteroatoms. The van der Waals surface area contributed by atoms with Crippen molar-refractivity contribution in [2.45, 2.75) is 24.7 Å². The molecule has 168 valence electrons. The maximum absolute atomic E-state index is 13.0. The van der Waals surface area contributed by atoms with Crippen LogP contribution in [0.5, 0.6) is 11.5 Å². The van der Waals surface area contributed by atoms with E-state index in [9.17, 15) is 17.6 Å². The Balaban J connectivity index is 1.67. The van der Waals surface area contributed by atoms with Crippen LogP contribution in [0.25, 0.3) is 0 Å². The van der Waals surface area contributed by atoms with Crippen molar-refractivity contribution in [1.29, 1.82) is 0 Å². The second-order valence-corrected chi connectivity index (χ2v) is 9.30. The van der Waals surface area contributed by atoms with Crippen LogP contribution in [0.2, 0.25) is 0 Å². The number of carbonyl (C=O) groups excluding carboxylic acids is 1.